The van der Waals surface area contributed by atoms with Gasteiger partial charge in [0.15, 0.2) is 0 Å². The quantitative estimate of drug-likeness (QED) is 0.408. The Bertz CT molecular complexity index is 669. The maximum atomic E-state index is 11.5. The Balaban J connectivity index is 2.28. The summed E-state index contributed by atoms with van der Waals surface area (Å²) in [5.41, 5.74) is 1.90. The highest BCUT2D eigenvalue weighted by atomic mass is 31.1. The number of hydrogen-bond acceptors (Lipinski definition) is 1. The molecule has 2 aromatic rings. The number of benzene rings is 2. The van der Waals surface area contributed by atoms with Crippen molar-refractivity contribution in [2.75, 3.05) is 0 Å². The van der Waals surface area contributed by atoms with E-state index in [1.54, 1.807) is 0 Å². The van der Waals surface area contributed by atoms with Crippen molar-refractivity contribution in [1.29, 1.82) is 0 Å². The van der Waals surface area contributed by atoms with Crippen molar-refractivity contribution < 1.29 is 5.11 Å². The number of aliphatic hydroxyl groups is 1. The zero-order valence-electron chi connectivity index (χ0n) is 16.4. The molecule has 26 heavy (non-hydrogen) atoms. The summed E-state index contributed by atoms with van der Waals surface area (Å²) in [4.78, 5) is 0. The van der Waals surface area contributed by atoms with Crippen molar-refractivity contribution in [3.63, 3.8) is 0 Å². The molecule has 1 N–H and O–H groups in total. The SMILES string of the molecule is C=C(C/C=C/C(O)(c1ccccc1)c1ccccc1)P(C(C)C)C(C)C. The van der Waals surface area contributed by atoms with Crippen LogP contribution in [0, 0.1) is 0 Å². The van der Waals surface area contributed by atoms with Gasteiger partial charge in [-0.25, -0.2) is 0 Å². The van der Waals surface area contributed by atoms with Gasteiger partial charge in [-0.15, -0.1) is 0 Å². The van der Waals surface area contributed by atoms with Crippen LogP contribution in [0.25, 0.3) is 0 Å². The fraction of sp³-hybridized carbons (Fsp3) is 0.333. The van der Waals surface area contributed by atoms with Crippen LogP contribution in [0.4, 0.5) is 0 Å². The van der Waals surface area contributed by atoms with Gasteiger partial charge in [0.05, 0.1) is 0 Å². The molecule has 0 unspecified atom stereocenters. The zero-order valence-corrected chi connectivity index (χ0v) is 17.3. The van der Waals surface area contributed by atoms with E-state index in [0.717, 1.165) is 17.5 Å². The molecule has 0 aliphatic rings. The van der Waals surface area contributed by atoms with Crippen molar-refractivity contribution in [2.45, 2.75) is 51.0 Å². The molecule has 0 saturated heterocycles. The Kier molecular flexibility index (Phi) is 7.38. The monoisotopic (exact) mass is 366 g/mol. The van der Waals surface area contributed by atoms with Crippen LogP contribution < -0.4 is 0 Å². The van der Waals surface area contributed by atoms with Crippen LogP contribution in [0.5, 0.6) is 0 Å². The summed E-state index contributed by atoms with van der Waals surface area (Å²) >= 11 is 0. The second kappa shape index (κ2) is 9.31. The molecule has 138 valence electrons. The lowest BCUT2D eigenvalue weighted by Crippen LogP contribution is -2.24. The number of rotatable bonds is 8. The first-order valence-corrected chi connectivity index (χ1v) is 10.8. The smallest absolute Gasteiger partial charge is 0.133 e. The molecular formula is C24H31OP. The average Bonchev–Trinajstić information content (AvgIpc) is 2.62. The average molecular weight is 366 g/mol. The predicted molar refractivity (Wildman–Crippen MR) is 116 cm³/mol. The maximum Gasteiger partial charge on any atom is 0.133 e. The summed E-state index contributed by atoms with van der Waals surface area (Å²) in [6.07, 6.45) is 4.82. The molecule has 0 aromatic heterocycles. The molecule has 0 aliphatic carbocycles. The predicted octanol–water partition coefficient (Wildman–Crippen LogP) is 6.68. The highest BCUT2D eigenvalue weighted by Crippen LogP contribution is 2.53. The lowest BCUT2D eigenvalue weighted by atomic mass is 9.86. The van der Waals surface area contributed by atoms with Crippen LogP contribution in [0.2, 0.25) is 0 Å². The third-order valence-corrected chi connectivity index (χ3v) is 7.76. The molecule has 0 bridgehead atoms. The van der Waals surface area contributed by atoms with E-state index in [1.165, 1.54) is 5.31 Å². The van der Waals surface area contributed by atoms with E-state index in [2.05, 4.69) is 40.3 Å². The van der Waals surface area contributed by atoms with Crippen LogP contribution in [-0.4, -0.2) is 16.4 Å². The van der Waals surface area contributed by atoms with Gasteiger partial charge in [-0.1, -0.05) is 109 Å². The van der Waals surface area contributed by atoms with E-state index in [9.17, 15) is 5.11 Å². The molecule has 2 aromatic carbocycles. The fourth-order valence-electron chi connectivity index (χ4n) is 3.54. The van der Waals surface area contributed by atoms with Crippen molar-refractivity contribution in [2.24, 2.45) is 0 Å². The van der Waals surface area contributed by atoms with Gasteiger partial charge < -0.3 is 5.11 Å². The summed E-state index contributed by atoms with van der Waals surface area (Å²) < 4.78 is 0. The van der Waals surface area contributed by atoms with E-state index < -0.39 is 5.60 Å². The lowest BCUT2D eigenvalue weighted by Gasteiger charge is -2.28. The minimum Gasteiger partial charge on any atom is -0.377 e. The Morgan fingerprint density at radius 3 is 1.73 bits per heavy atom. The van der Waals surface area contributed by atoms with Gasteiger partial charge >= 0.3 is 0 Å². The summed E-state index contributed by atoms with van der Waals surface area (Å²) in [5.74, 6) is 0. The third-order valence-electron chi connectivity index (χ3n) is 4.62. The second-order valence-electron chi connectivity index (χ2n) is 7.27. The largest absolute Gasteiger partial charge is 0.377 e. The summed E-state index contributed by atoms with van der Waals surface area (Å²) in [6.45, 7) is 13.5. The minimum atomic E-state index is -1.12. The van der Waals surface area contributed by atoms with Gasteiger partial charge in [0.1, 0.15) is 5.60 Å². The third kappa shape index (κ3) is 4.93. The molecule has 0 heterocycles. The van der Waals surface area contributed by atoms with Crippen molar-refractivity contribution >= 4 is 7.92 Å². The van der Waals surface area contributed by atoms with Crippen LogP contribution in [0.3, 0.4) is 0 Å². The van der Waals surface area contributed by atoms with E-state index in [1.807, 2.05) is 66.7 Å². The van der Waals surface area contributed by atoms with Gasteiger partial charge in [-0.3, -0.25) is 0 Å². The molecule has 2 rings (SSSR count). The van der Waals surface area contributed by atoms with Crippen LogP contribution >= 0.6 is 7.92 Å². The minimum absolute atomic E-state index is 0.223. The molecule has 0 fully saturated rings. The van der Waals surface area contributed by atoms with Crippen LogP contribution in [0.1, 0.15) is 45.2 Å². The molecule has 0 saturated carbocycles. The Hall–Kier alpha value is -1.69. The molecular weight excluding hydrogens is 335 g/mol. The summed E-state index contributed by atoms with van der Waals surface area (Å²) in [6, 6.07) is 19.7. The first-order valence-electron chi connectivity index (χ1n) is 9.33. The van der Waals surface area contributed by atoms with Crippen molar-refractivity contribution in [3.05, 3.63) is 95.8 Å². The van der Waals surface area contributed by atoms with Crippen LogP contribution in [0.15, 0.2) is 84.7 Å². The number of allylic oxidation sites excluding steroid dienone is 2. The van der Waals surface area contributed by atoms with Gasteiger partial charge in [0.2, 0.25) is 0 Å². The van der Waals surface area contributed by atoms with Gasteiger partial charge in [-0.2, -0.15) is 0 Å². The molecule has 1 nitrogen and oxygen atoms in total. The summed E-state index contributed by atoms with van der Waals surface area (Å²) in [7, 11) is -0.223. The number of hydrogen-bond donors (Lipinski definition) is 1. The van der Waals surface area contributed by atoms with Gasteiger partial charge in [0, 0.05) is 0 Å². The molecule has 0 radical (unpaired) electrons. The van der Waals surface area contributed by atoms with E-state index in [0.29, 0.717) is 11.3 Å². The normalized spacial score (nSPS) is 12.5. The molecule has 0 spiro atoms. The first-order chi connectivity index (χ1) is 12.4. The van der Waals surface area contributed by atoms with Gasteiger partial charge in [0.25, 0.3) is 0 Å². The van der Waals surface area contributed by atoms with E-state index >= 15 is 0 Å². The maximum absolute atomic E-state index is 11.5. The molecule has 0 aliphatic heterocycles. The van der Waals surface area contributed by atoms with E-state index in [-0.39, 0.29) is 7.92 Å². The van der Waals surface area contributed by atoms with Gasteiger partial charge in [-0.05, 0) is 40.3 Å². The highest BCUT2D eigenvalue weighted by molar-refractivity contribution is 7.63. The highest BCUT2D eigenvalue weighted by Gasteiger charge is 2.28. The second-order valence-corrected chi connectivity index (χ2v) is 10.8. The Morgan fingerprint density at radius 1 is 0.923 bits per heavy atom. The van der Waals surface area contributed by atoms with E-state index in [4.69, 9.17) is 0 Å². The summed E-state index contributed by atoms with van der Waals surface area (Å²) in [5, 5.41) is 12.8. The van der Waals surface area contributed by atoms with Crippen molar-refractivity contribution in [3.8, 4) is 0 Å². The fourth-order valence-corrected chi connectivity index (χ4v) is 6.51. The topological polar surface area (TPSA) is 20.2 Å². The standard InChI is InChI=1S/C24H31OP/c1-19(2)26(20(3)4)21(5)13-12-18-24(25,22-14-8-6-9-15-22)23-16-10-7-11-17-23/h6-12,14-20,25H,5,13H2,1-4H3/b18-12+. The zero-order chi connectivity index (χ0) is 19.2. The Morgan fingerprint density at radius 2 is 1.35 bits per heavy atom. The molecule has 0 atom stereocenters. The Labute approximate surface area is 160 Å². The lowest BCUT2D eigenvalue weighted by molar-refractivity contribution is 0.134. The molecule has 2 heteroatoms. The van der Waals surface area contributed by atoms with Crippen LogP contribution in [-0.2, 0) is 5.60 Å². The van der Waals surface area contributed by atoms with Crippen molar-refractivity contribution in [1.82, 2.24) is 0 Å². The molecule has 0 amide bonds. The first kappa shape index (κ1) is 20.6.